The van der Waals surface area contributed by atoms with Gasteiger partial charge in [0.05, 0.1) is 11.0 Å². The van der Waals surface area contributed by atoms with Gasteiger partial charge in [0.15, 0.2) is 0 Å². The summed E-state index contributed by atoms with van der Waals surface area (Å²) in [6.45, 7) is 6.49. The molecule has 1 unspecified atom stereocenters. The highest BCUT2D eigenvalue weighted by Crippen LogP contribution is 2.20. The molecule has 0 spiro atoms. The van der Waals surface area contributed by atoms with Crippen molar-refractivity contribution in [2.24, 2.45) is 0 Å². The number of hydrogen-bond acceptors (Lipinski definition) is 2. The molecular formula is C15H21N3. The van der Waals surface area contributed by atoms with Gasteiger partial charge in [-0.1, -0.05) is 6.07 Å². The van der Waals surface area contributed by atoms with E-state index in [0.29, 0.717) is 6.04 Å². The van der Waals surface area contributed by atoms with E-state index in [1.807, 2.05) is 0 Å². The van der Waals surface area contributed by atoms with Crippen LogP contribution in [0.1, 0.15) is 31.2 Å². The van der Waals surface area contributed by atoms with E-state index in [2.05, 4.69) is 41.9 Å². The van der Waals surface area contributed by atoms with Gasteiger partial charge in [0.25, 0.3) is 0 Å². The van der Waals surface area contributed by atoms with Crippen molar-refractivity contribution in [3.05, 3.63) is 29.6 Å². The second-order valence-corrected chi connectivity index (χ2v) is 5.26. The van der Waals surface area contributed by atoms with E-state index in [9.17, 15) is 0 Å². The molecule has 0 amide bonds. The van der Waals surface area contributed by atoms with Crippen LogP contribution in [0.4, 0.5) is 0 Å². The van der Waals surface area contributed by atoms with Crippen LogP contribution in [-0.2, 0) is 13.0 Å². The Labute approximate surface area is 108 Å². The number of aromatic nitrogens is 2. The summed E-state index contributed by atoms with van der Waals surface area (Å²) in [5.74, 6) is 1.23. The first-order valence-electron chi connectivity index (χ1n) is 6.97. The van der Waals surface area contributed by atoms with Crippen molar-refractivity contribution in [1.82, 2.24) is 14.9 Å². The monoisotopic (exact) mass is 243 g/mol. The number of nitrogens with one attached hydrogen (secondary N) is 1. The third kappa shape index (κ3) is 2.03. The minimum atomic E-state index is 0.619. The van der Waals surface area contributed by atoms with Crippen LogP contribution in [0, 0.1) is 6.92 Å². The summed E-state index contributed by atoms with van der Waals surface area (Å²) in [6.07, 6.45) is 3.64. The number of hydrogen-bond donors (Lipinski definition) is 1. The van der Waals surface area contributed by atoms with Crippen molar-refractivity contribution in [3.63, 3.8) is 0 Å². The molecule has 1 N–H and O–H groups in total. The topological polar surface area (TPSA) is 29.9 Å². The highest BCUT2D eigenvalue weighted by atomic mass is 15.1. The molecule has 1 aromatic heterocycles. The molecule has 1 fully saturated rings. The number of imidazole rings is 1. The van der Waals surface area contributed by atoms with Gasteiger partial charge in [-0.2, -0.15) is 0 Å². The van der Waals surface area contributed by atoms with Crippen LogP contribution < -0.4 is 5.32 Å². The van der Waals surface area contributed by atoms with Crippen LogP contribution in [0.3, 0.4) is 0 Å². The van der Waals surface area contributed by atoms with Gasteiger partial charge in [0.2, 0.25) is 0 Å². The highest BCUT2D eigenvalue weighted by Gasteiger charge is 2.18. The van der Waals surface area contributed by atoms with Gasteiger partial charge in [-0.3, -0.25) is 0 Å². The van der Waals surface area contributed by atoms with Gasteiger partial charge in [-0.15, -0.1) is 0 Å². The lowest BCUT2D eigenvalue weighted by atomic mass is 10.1. The Balaban J connectivity index is 1.99. The van der Waals surface area contributed by atoms with Crippen LogP contribution in [0.5, 0.6) is 0 Å². The fourth-order valence-corrected chi connectivity index (χ4v) is 2.95. The zero-order chi connectivity index (χ0) is 12.5. The summed E-state index contributed by atoms with van der Waals surface area (Å²) in [5, 5.41) is 3.56. The van der Waals surface area contributed by atoms with Gasteiger partial charge < -0.3 is 9.88 Å². The van der Waals surface area contributed by atoms with Crippen LogP contribution in [0.25, 0.3) is 11.0 Å². The molecule has 1 saturated heterocycles. The summed E-state index contributed by atoms with van der Waals surface area (Å²) in [7, 11) is 0. The largest absolute Gasteiger partial charge is 0.328 e. The molecule has 2 aromatic rings. The van der Waals surface area contributed by atoms with Gasteiger partial charge >= 0.3 is 0 Å². The average molecular weight is 243 g/mol. The van der Waals surface area contributed by atoms with Crippen molar-refractivity contribution in [2.45, 2.75) is 45.7 Å². The first kappa shape index (κ1) is 11.7. The number of aryl methyl sites for hydroxylation is 2. The SMILES string of the molecule is CCn1c(CC2CCCN2)nc2cc(C)ccc21. The number of rotatable bonds is 3. The molecule has 1 aliphatic heterocycles. The molecule has 3 heteroatoms. The Kier molecular flexibility index (Phi) is 3.08. The molecule has 0 radical (unpaired) electrons. The fourth-order valence-electron chi connectivity index (χ4n) is 2.95. The molecule has 1 atom stereocenters. The van der Waals surface area contributed by atoms with E-state index < -0.39 is 0 Å². The lowest BCUT2D eigenvalue weighted by Crippen LogP contribution is -2.25. The fraction of sp³-hybridized carbons (Fsp3) is 0.533. The minimum absolute atomic E-state index is 0.619. The Hall–Kier alpha value is -1.35. The summed E-state index contributed by atoms with van der Waals surface area (Å²) in [4.78, 5) is 4.83. The van der Waals surface area contributed by atoms with Gasteiger partial charge in [-0.25, -0.2) is 4.98 Å². The second kappa shape index (κ2) is 4.73. The minimum Gasteiger partial charge on any atom is -0.328 e. The summed E-state index contributed by atoms with van der Waals surface area (Å²) in [6, 6.07) is 7.18. The Morgan fingerprint density at radius 2 is 2.33 bits per heavy atom. The Morgan fingerprint density at radius 1 is 1.44 bits per heavy atom. The molecule has 0 saturated carbocycles. The quantitative estimate of drug-likeness (QED) is 0.898. The van der Waals surface area contributed by atoms with Crippen LogP contribution in [0.15, 0.2) is 18.2 Å². The van der Waals surface area contributed by atoms with Crippen molar-refractivity contribution in [2.75, 3.05) is 6.54 Å². The summed E-state index contributed by atoms with van der Waals surface area (Å²) < 4.78 is 2.36. The normalized spacial score (nSPS) is 19.8. The maximum Gasteiger partial charge on any atom is 0.111 e. The first-order valence-corrected chi connectivity index (χ1v) is 6.97. The Bertz CT molecular complexity index is 550. The van der Waals surface area contributed by atoms with E-state index in [4.69, 9.17) is 4.98 Å². The molecule has 0 aliphatic carbocycles. The third-order valence-electron chi connectivity index (χ3n) is 3.89. The standard InChI is InChI=1S/C15H21N3/c1-3-18-14-7-6-11(2)9-13(14)17-15(18)10-12-5-4-8-16-12/h6-7,9,12,16H,3-5,8,10H2,1-2H3. The van der Waals surface area contributed by atoms with Crippen LogP contribution >= 0.6 is 0 Å². The van der Waals surface area contributed by atoms with E-state index >= 15 is 0 Å². The molecule has 96 valence electrons. The zero-order valence-electron chi connectivity index (χ0n) is 11.2. The lowest BCUT2D eigenvalue weighted by Gasteiger charge is -2.11. The van der Waals surface area contributed by atoms with E-state index in [1.165, 1.54) is 29.7 Å². The molecular weight excluding hydrogens is 222 g/mol. The summed E-state index contributed by atoms with van der Waals surface area (Å²) >= 11 is 0. The van der Waals surface area contributed by atoms with Gasteiger partial charge in [-0.05, 0) is 50.9 Å². The highest BCUT2D eigenvalue weighted by molar-refractivity contribution is 5.76. The van der Waals surface area contributed by atoms with Crippen molar-refractivity contribution >= 4 is 11.0 Å². The number of nitrogens with zero attached hydrogens (tertiary/aromatic N) is 2. The van der Waals surface area contributed by atoms with Crippen molar-refractivity contribution < 1.29 is 0 Å². The number of fused-ring (bicyclic) bond motifs is 1. The van der Waals surface area contributed by atoms with Crippen molar-refractivity contribution in [3.8, 4) is 0 Å². The summed E-state index contributed by atoms with van der Waals surface area (Å²) in [5.41, 5.74) is 3.70. The third-order valence-corrected chi connectivity index (χ3v) is 3.89. The maximum atomic E-state index is 4.83. The molecule has 1 aliphatic rings. The average Bonchev–Trinajstić information content (AvgIpc) is 2.96. The van der Waals surface area contributed by atoms with E-state index in [1.54, 1.807) is 0 Å². The second-order valence-electron chi connectivity index (χ2n) is 5.26. The van der Waals surface area contributed by atoms with Gasteiger partial charge in [0.1, 0.15) is 5.82 Å². The predicted molar refractivity (Wildman–Crippen MR) is 74.9 cm³/mol. The van der Waals surface area contributed by atoms with E-state index in [0.717, 1.165) is 25.0 Å². The molecule has 1 aromatic carbocycles. The van der Waals surface area contributed by atoms with Gasteiger partial charge in [0, 0.05) is 19.0 Å². The maximum absolute atomic E-state index is 4.83. The Morgan fingerprint density at radius 3 is 3.06 bits per heavy atom. The first-order chi connectivity index (χ1) is 8.78. The van der Waals surface area contributed by atoms with Crippen LogP contribution in [0.2, 0.25) is 0 Å². The zero-order valence-corrected chi connectivity index (χ0v) is 11.2. The predicted octanol–water partition coefficient (Wildman–Crippen LogP) is 2.66. The molecule has 18 heavy (non-hydrogen) atoms. The molecule has 0 bridgehead atoms. The smallest absolute Gasteiger partial charge is 0.111 e. The molecule has 2 heterocycles. The molecule has 3 rings (SSSR count). The van der Waals surface area contributed by atoms with Crippen LogP contribution in [-0.4, -0.2) is 22.1 Å². The lowest BCUT2D eigenvalue weighted by molar-refractivity contribution is 0.565. The van der Waals surface area contributed by atoms with Crippen molar-refractivity contribution in [1.29, 1.82) is 0 Å². The van der Waals surface area contributed by atoms with E-state index in [-0.39, 0.29) is 0 Å². The number of benzene rings is 1. The molecule has 3 nitrogen and oxygen atoms in total.